The summed E-state index contributed by atoms with van der Waals surface area (Å²) >= 11 is 4.89. The molecule has 2 aromatic heterocycles. The first-order valence-corrected chi connectivity index (χ1v) is 11.2. The Kier molecular flexibility index (Phi) is 6.59. The summed E-state index contributed by atoms with van der Waals surface area (Å²) in [7, 11) is 0. The second-order valence-electron chi connectivity index (χ2n) is 7.35. The van der Waals surface area contributed by atoms with Crippen LogP contribution in [0.5, 0.6) is 0 Å². The maximum absolute atomic E-state index is 9.40. The summed E-state index contributed by atoms with van der Waals surface area (Å²) in [5.74, 6) is 0.793. The predicted molar refractivity (Wildman–Crippen MR) is 127 cm³/mol. The van der Waals surface area contributed by atoms with Gasteiger partial charge in [-0.3, -0.25) is 0 Å². The highest BCUT2D eigenvalue weighted by atomic mass is 79.9. The van der Waals surface area contributed by atoms with Gasteiger partial charge in [-0.2, -0.15) is 9.61 Å². The number of aliphatic hydroxyl groups is 2. The number of hydrogen-bond donors (Lipinski definition) is 4. The molecule has 4 aromatic rings. The smallest absolute Gasteiger partial charge is 0.172 e. The third-order valence-corrected chi connectivity index (χ3v) is 6.40. The fraction of sp³-hybridized carbons (Fsp3) is 0.182. The van der Waals surface area contributed by atoms with E-state index in [1.807, 2.05) is 60.7 Å². The van der Waals surface area contributed by atoms with Crippen molar-refractivity contribution in [2.75, 3.05) is 18.5 Å². The molecule has 0 unspecified atom stereocenters. The predicted octanol–water partition coefficient (Wildman–Crippen LogP) is 4.24. The van der Waals surface area contributed by atoms with Gasteiger partial charge in [-0.05, 0) is 59.1 Å². The molecule has 0 aliphatic heterocycles. The number of rotatable bonds is 8. The first kappa shape index (κ1) is 21.8. The van der Waals surface area contributed by atoms with Gasteiger partial charge in [0, 0.05) is 22.2 Å². The molecule has 31 heavy (non-hydrogen) atoms. The molecule has 0 fully saturated rings. The van der Waals surface area contributed by atoms with Crippen LogP contribution in [0, 0.1) is 0 Å². The number of halogens is 1. The molecule has 0 aliphatic rings. The van der Waals surface area contributed by atoms with Crippen molar-refractivity contribution in [3.05, 3.63) is 71.3 Å². The molecule has 160 valence electrons. The Hall–Kier alpha value is -2.43. The largest absolute Gasteiger partial charge is 0.394 e. The Morgan fingerprint density at radius 1 is 1.06 bits per heavy atom. The zero-order valence-corrected chi connectivity index (χ0v) is 19.2. The average molecular weight is 500 g/mol. The topological polar surface area (TPSA) is 94.7 Å². The average Bonchev–Trinajstić information content (AvgIpc) is 3.20. The standard InChI is InChI=1S/C22H22BrN5O2S/c1-22(13-29,14-30)27-31-17-9-7-16(8-10-17)25-20-11-19(15-5-3-2-4-6-15)26-21-18(23)12-24-28(20)21/h2-12,25,27,29-30H,13-14H2,1H3. The molecule has 0 atom stereocenters. The lowest BCUT2D eigenvalue weighted by atomic mass is 10.1. The second kappa shape index (κ2) is 9.37. The van der Waals surface area contributed by atoms with Gasteiger partial charge in [0.05, 0.1) is 35.1 Å². The van der Waals surface area contributed by atoms with Crippen molar-refractivity contribution in [2.45, 2.75) is 17.4 Å². The van der Waals surface area contributed by atoms with Crippen LogP contribution in [0.4, 0.5) is 11.5 Å². The van der Waals surface area contributed by atoms with Crippen LogP contribution in [0.1, 0.15) is 6.92 Å². The quantitative estimate of drug-likeness (QED) is 0.269. The van der Waals surface area contributed by atoms with Gasteiger partial charge in [0.2, 0.25) is 0 Å². The van der Waals surface area contributed by atoms with Gasteiger partial charge in [0.25, 0.3) is 0 Å². The van der Waals surface area contributed by atoms with Gasteiger partial charge in [0.1, 0.15) is 5.82 Å². The number of nitrogens with one attached hydrogen (secondary N) is 2. The molecule has 0 saturated heterocycles. The maximum Gasteiger partial charge on any atom is 0.172 e. The molecule has 4 N–H and O–H groups in total. The highest BCUT2D eigenvalue weighted by Gasteiger charge is 2.21. The first-order valence-electron chi connectivity index (χ1n) is 9.64. The molecule has 2 heterocycles. The molecule has 0 amide bonds. The normalized spacial score (nSPS) is 11.7. The van der Waals surface area contributed by atoms with Crippen LogP contribution >= 0.6 is 27.9 Å². The molecule has 4 rings (SSSR count). The van der Waals surface area contributed by atoms with Crippen LogP contribution in [-0.4, -0.2) is 43.6 Å². The highest BCUT2D eigenvalue weighted by molar-refractivity contribution is 9.10. The summed E-state index contributed by atoms with van der Waals surface area (Å²) in [5.41, 5.74) is 2.75. The van der Waals surface area contributed by atoms with Crippen molar-refractivity contribution in [3.8, 4) is 11.3 Å². The van der Waals surface area contributed by atoms with E-state index in [2.05, 4.69) is 31.1 Å². The number of anilines is 2. The number of fused-ring (bicyclic) bond motifs is 1. The van der Waals surface area contributed by atoms with Crippen LogP contribution in [0.15, 0.2) is 76.2 Å². The number of nitrogens with zero attached hydrogens (tertiary/aromatic N) is 3. The SMILES string of the molecule is CC(CO)(CO)NSc1ccc(Nc2cc(-c3ccccc3)nc3c(Br)cnn23)cc1. The summed E-state index contributed by atoms with van der Waals surface area (Å²) in [5, 5.41) is 26.7. The fourth-order valence-electron chi connectivity index (χ4n) is 2.83. The zero-order valence-electron chi connectivity index (χ0n) is 16.8. The van der Waals surface area contributed by atoms with Crippen LogP contribution < -0.4 is 10.0 Å². The monoisotopic (exact) mass is 499 g/mol. The van der Waals surface area contributed by atoms with Gasteiger partial charge in [-0.1, -0.05) is 30.3 Å². The van der Waals surface area contributed by atoms with E-state index in [0.29, 0.717) is 0 Å². The molecule has 0 radical (unpaired) electrons. The Morgan fingerprint density at radius 3 is 2.45 bits per heavy atom. The van der Waals surface area contributed by atoms with E-state index in [0.717, 1.165) is 37.8 Å². The minimum atomic E-state index is -0.744. The first-order chi connectivity index (χ1) is 15.0. The van der Waals surface area contributed by atoms with Crippen LogP contribution in [0.25, 0.3) is 16.9 Å². The van der Waals surface area contributed by atoms with Crippen molar-refractivity contribution < 1.29 is 10.2 Å². The van der Waals surface area contributed by atoms with E-state index in [4.69, 9.17) is 4.98 Å². The molecule has 0 aliphatic carbocycles. The van der Waals surface area contributed by atoms with E-state index in [9.17, 15) is 10.2 Å². The van der Waals surface area contributed by atoms with Crippen LogP contribution in [0.3, 0.4) is 0 Å². The molecule has 0 spiro atoms. The summed E-state index contributed by atoms with van der Waals surface area (Å²) in [4.78, 5) is 5.71. The third-order valence-electron chi connectivity index (χ3n) is 4.74. The summed E-state index contributed by atoms with van der Waals surface area (Å²) in [6.07, 6.45) is 1.73. The zero-order chi connectivity index (χ0) is 21.8. The Bertz CT molecular complexity index is 1160. The lowest BCUT2D eigenvalue weighted by molar-refractivity contribution is 0.124. The van der Waals surface area contributed by atoms with Crippen molar-refractivity contribution in [2.24, 2.45) is 0 Å². The summed E-state index contributed by atoms with van der Waals surface area (Å²) in [6.45, 7) is 1.45. The van der Waals surface area contributed by atoms with Gasteiger partial charge in [-0.15, -0.1) is 0 Å². The van der Waals surface area contributed by atoms with E-state index in [1.54, 1.807) is 17.6 Å². The number of hydrogen-bond acceptors (Lipinski definition) is 7. The Balaban J connectivity index is 1.58. The third kappa shape index (κ3) is 4.91. The summed E-state index contributed by atoms with van der Waals surface area (Å²) in [6, 6.07) is 19.8. The minimum Gasteiger partial charge on any atom is -0.394 e. The van der Waals surface area contributed by atoms with Crippen LogP contribution in [-0.2, 0) is 0 Å². The minimum absolute atomic E-state index is 0.155. The van der Waals surface area contributed by atoms with Crippen molar-refractivity contribution in [1.82, 2.24) is 19.3 Å². The molecule has 9 heteroatoms. The van der Waals surface area contributed by atoms with Crippen molar-refractivity contribution in [1.29, 1.82) is 0 Å². The molecular formula is C22H22BrN5O2S. The van der Waals surface area contributed by atoms with E-state index >= 15 is 0 Å². The van der Waals surface area contributed by atoms with Crippen molar-refractivity contribution >= 4 is 45.0 Å². The van der Waals surface area contributed by atoms with Crippen LogP contribution in [0.2, 0.25) is 0 Å². The Labute approximate surface area is 192 Å². The fourth-order valence-corrected chi connectivity index (χ4v) is 3.95. The maximum atomic E-state index is 9.40. The lowest BCUT2D eigenvalue weighted by Crippen LogP contribution is -2.45. The molecule has 2 aromatic carbocycles. The van der Waals surface area contributed by atoms with Gasteiger partial charge < -0.3 is 15.5 Å². The number of aliphatic hydroxyl groups excluding tert-OH is 2. The summed E-state index contributed by atoms with van der Waals surface area (Å²) < 4.78 is 5.68. The second-order valence-corrected chi connectivity index (χ2v) is 9.08. The van der Waals surface area contributed by atoms with Gasteiger partial charge in [0.15, 0.2) is 5.65 Å². The highest BCUT2D eigenvalue weighted by Crippen LogP contribution is 2.28. The Morgan fingerprint density at radius 2 is 1.77 bits per heavy atom. The van der Waals surface area contributed by atoms with Gasteiger partial charge >= 0.3 is 0 Å². The van der Waals surface area contributed by atoms with Crippen molar-refractivity contribution in [3.63, 3.8) is 0 Å². The van der Waals surface area contributed by atoms with E-state index < -0.39 is 5.54 Å². The van der Waals surface area contributed by atoms with E-state index in [-0.39, 0.29) is 13.2 Å². The van der Waals surface area contributed by atoms with Gasteiger partial charge in [-0.25, -0.2) is 9.71 Å². The molecular weight excluding hydrogens is 478 g/mol. The molecule has 7 nitrogen and oxygen atoms in total. The number of aromatic nitrogens is 3. The molecule has 0 bridgehead atoms. The lowest BCUT2D eigenvalue weighted by Gasteiger charge is -2.25. The van der Waals surface area contributed by atoms with E-state index in [1.165, 1.54) is 11.9 Å². The number of benzene rings is 2. The molecule has 0 saturated carbocycles.